The van der Waals surface area contributed by atoms with Crippen molar-refractivity contribution in [3.05, 3.63) is 0 Å². The average Bonchev–Trinajstić information content (AvgIpc) is 2.91. The molecule has 0 spiro atoms. The Kier molecular flexibility index (Phi) is 4.74. The summed E-state index contributed by atoms with van der Waals surface area (Å²) in [6.07, 6.45) is 10.8. The molecular formula is C22H38O3. The van der Waals surface area contributed by atoms with Crippen LogP contribution in [0.2, 0.25) is 0 Å². The van der Waals surface area contributed by atoms with Crippen LogP contribution in [-0.4, -0.2) is 35.6 Å². The van der Waals surface area contributed by atoms with E-state index in [1.165, 1.54) is 44.9 Å². The van der Waals surface area contributed by atoms with Gasteiger partial charge in [-0.25, -0.2) is 0 Å². The zero-order chi connectivity index (χ0) is 17.8. The number of hydrogen-bond donors (Lipinski definition) is 2. The van der Waals surface area contributed by atoms with E-state index < -0.39 is 5.60 Å². The molecule has 0 amide bonds. The summed E-state index contributed by atoms with van der Waals surface area (Å²) >= 11 is 0. The standard InChI is InChI=1S/C22H38O3/c1-14(23)19-6-7-20-18-5-4-15-12-22(24,13-25-3)11-9-16(15)17(18)8-10-21(19,20)2/h14-20,23-24H,4-13H2,1-3H3/t14?,15-,16-,17+,18+,19+,20-,21+,22+/m0/s1. The van der Waals surface area contributed by atoms with Gasteiger partial charge in [0, 0.05) is 7.11 Å². The lowest BCUT2D eigenvalue weighted by atomic mass is 9.49. The van der Waals surface area contributed by atoms with Gasteiger partial charge in [-0.2, -0.15) is 0 Å². The molecule has 0 saturated heterocycles. The summed E-state index contributed by atoms with van der Waals surface area (Å²) in [6.45, 7) is 5.00. The molecule has 3 heteroatoms. The number of aliphatic hydroxyl groups is 2. The number of hydrogen-bond acceptors (Lipinski definition) is 3. The van der Waals surface area contributed by atoms with Gasteiger partial charge in [-0.05, 0) is 106 Å². The van der Waals surface area contributed by atoms with Crippen LogP contribution in [0.15, 0.2) is 0 Å². The third-order valence-corrected chi connectivity index (χ3v) is 9.17. The van der Waals surface area contributed by atoms with Crippen LogP contribution in [0, 0.1) is 40.9 Å². The van der Waals surface area contributed by atoms with Crippen molar-refractivity contribution in [3.63, 3.8) is 0 Å². The molecule has 2 N–H and O–H groups in total. The van der Waals surface area contributed by atoms with E-state index in [-0.39, 0.29) is 6.10 Å². The maximum absolute atomic E-state index is 10.8. The Morgan fingerprint density at radius 1 is 1.00 bits per heavy atom. The molecular weight excluding hydrogens is 312 g/mol. The molecule has 4 saturated carbocycles. The fraction of sp³-hybridized carbons (Fsp3) is 1.00. The Morgan fingerprint density at radius 3 is 2.48 bits per heavy atom. The minimum atomic E-state index is -0.573. The van der Waals surface area contributed by atoms with Gasteiger partial charge in [-0.15, -0.1) is 0 Å². The highest BCUT2D eigenvalue weighted by Gasteiger charge is 2.58. The summed E-state index contributed by atoms with van der Waals surface area (Å²) in [5.41, 5.74) is -0.204. The van der Waals surface area contributed by atoms with Gasteiger partial charge in [0.15, 0.2) is 0 Å². The summed E-state index contributed by atoms with van der Waals surface area (Å²) in [7, 11) is 1.71. The molecule has 144 valence electrons. The number of rotatable bonds is 3. The first kappa shape index (κ1) is 18.3. The minimum absolute atomic E-state index is 0.151. The van der Waals surface area contributed by atoms with Gasteiger partial charge in [0.2, 0.25) is 0 Å². The Bertz CT molecular complexity index is 492. The smallest absolute Gasteiger partial charge is 0.0882 e. The Labute approximate surface area is 153 Å². The van der Waals surface area contributed by atoms with Gasteiger partial charge < -0.3 is 14.9 Å². The zero-order valence-electron chi connectivity index (χ0n) is 16.4. The van der Waals surface area contributed by atoms with Crippen molar-refractivity contribution in [2.45, 2.75) is 83.3 Å². The van der Waals surface area contributed by atoms with Crippen LogP contribution in [0.25, 0.3) is 0 Å². The normalized spacial score (nSPS) is 53.6. The molecule has 0 aromatic heterocycles. The van der Waals surface area contributed by atoms with Crippen molar-refractivity contribution in [1.29, 1.82) is 0 Å². The molecule has 4 aliphatic rings. The van der Waals surface area contributed by atoms with E-state index in [0.29, 0.717) is 23.9 Å². The summed E-state index contributed by atoms with van der Waals surface area (Å²) in [5.74, 6) is 4.61. The highest BCUT2D eigenvalue weighted by atomic mass is 16.5. The molecule has 25 heavy (non-hydrogen) atoms. The lowest BCUT2D eigenvalue weighted by Crippen LogP contribution is -2.52. The van der Waals surface area contributed by atoms with Crippen LogP contribution in [0.1, 0.15) is 71.6 Å². The Hall–Kier alpha value is -0.120. The predicted molar refractivity (Wildman–Crippen MR) is 99.1 cm³/mol. The fourth-order valence-corrected chi connectivity index (χ4v) is 8.20. The predicted octanol–water partition coefficient (Wildman–Crippen LogP) is 4.01. The molecule has 0 aliphatic heterocycles. The van der Waals surface area contributed by atoms with E-state index in [1.807, 2.05) is 6.92 Å². The van der Waals surface area contributed by atoms with Crippen molar-refractivity contribution >= 4 is 0 Å². The van der Waals surface area contributed by atoms with Gasteiger partial charge in [0.1, 0.15) is 0 Å². The van der Waals surface area contributed by atoms with Gasteiger partial charge in [0.25, 0.3) is 0 Å². The van der Waals surface area contributed by atoms with Crippen LogP contribution in [-0.2, 0) is 4.74 Å². The third kappa shape index (κ3) is 2.89. The molecule has 4 fully saturated rings. The lowest BCUT2D eigenvalue weighted by Gasteiger charge is -2.57. The molecule has 0 bridgehead atoms. The van der Waals surface area contributed by atoms with Gasteiger partial charge >= 0.3 is 0 Å². The molecule has 4 rings (SSSR count). The first-order valence-corrected chi connectivity index (χ1v) is 10.8. The van der Waals surface area contributed by atoms with Gasteiger partial charge in [-0.1, -0.05) is 6.92 Å². The maximum atomic E-state index is 10.8. The Morgan fingerprint density at radius 2 is 1.76 bits per heavy atom. The molecule has 1 unspecified atom stereocenters. The third-order valence-electron chi connectivity index (χ3n) is 9.17. The quantitative estimate of drug-likeness (QED) is 0.808. The van der Waals surface area contributed by atoms with Crippen molar-refractivity contribution in [2.75, 3.05) is 13.7 Å². The van der Waals surface area contributed by atoms with Crippen LogP contribution in [0.4, 0.5) is 0 Å². The van der Waals surface area contributed by atoms with Crippen molar-refractivity contribution in [1.82, 2.24) is 0 Å². The highest BCUT2D eigenvalue weighted by molar-refractivity contribution is 5.07. The Balaban J connectivity index is 1.50. The molecule has 0 aromatic rings. The van der Waals surface area contributed by atoms with Crippen molar-refractivity contribution in [2.24, 2.45) is 40.9 Å². The number of aliphatic hydroxyl groups excluding tert-OH is 1. The van der Waals surface area contributed by atoms with Crippen molar-refractivity contribution in [3.8, 4) is 0 Å². The van der Waals surface area contributed by atoms with Crippen LogP contribution < -0.4 is 0 Å². The molecule has 0 radical (unpaired) electrons. The average molecular weight is 351 g/mol. The highest BCUT2D eigenvalue weighted by Crippen LogP contribution is 2.65. The first-order chi connectivity index (χ1) is 11.9. The second-order valence-electron chi connectivity index (χ2n) is 10.3. The SMILES string of the molecule is COC[C@@]1(O)CC[C@H]2[C@@H](CC[C@@H]3[C@@H]2CC[C@]2(C)[C@@H](C(C)O)CC[C@@H]32)C1. The molecule has 3 nitrogen and oxygen atoms in total. The van der Waals surface area contributed by atoms with E-state index in [9.17, 15) is 10.2 Å². The summed E-state index contributed by atoms with van der Waals surface area (Å²) in [5, 5.41) is 21.1. The summed E-state index contributed by atoms with van der Waals surface area (Å²) in [6, 6.07) is 0. The minimum Gasteiger partial charge on any atom is -0.393 e. The largest absolute Gasteiger partial charge is 0.393 e. The molecule has 9 atom stereocenters. The summed E-state index contributed by atoms with van der Waals surface area (Å²) < 4.78 is 5.30. The zero-order valence-corrected chi connectivity index (χ0v) is 16.4. The van der Waals surface area contributed by atoms with Crippen LogP contribution in [0.3, 0.4) is 0 Å². The maximum Gasteiger partial charge on any atom is 0.0882 e. The molecule has 4 aliphatic carbocycles. The van der Waals surface area contributed by atoms with E-state index in [2.05, 4.69) is 6.92 Å². The van der Waals surface area contributed by atoms with Crippen LogP contribution >= 0.6 is 0 Å². The van der Waals surface area contributed by atoms with E-state index in [1.54, 1.807) is 7.11 Å². The molecule has 0 aromatic carbocycles. The number of fused-ring (bicyclic) bond motifs is 5. The second-order valence-corrected chi connectivity index (χ2v) is 10.3. The van der Waals surface area contributed by atoms with E-state index >= 15 is 0 Å². The van der Waals surface area contributed by atoms with Gasteiger partial charge in [-0.3, -0.25) is 0 Å². The number of ether oxygens (including phenoxy) is 1. The topological polar surface area (TPSA) is 49.7 Å². The van der Waals surface area contributed by atoms with E-state index in [4.69, 9.17) is 4.74 Å². The number of methoxy groups -OCH3 is 1. The van der Waals surface area contributed by atoms with Crippen molar-refractivity contribution < 1.29 is 14.9 Å². The van der Waals surface area contributed by atoms with Crippen LogP contribution in [0.5, 0.6) is 0 Å². The molecule has 0 heterocycles. The van der Waals surface area contributed by atoms with Gasteiger partial charge in [0.05, 0.1) is 18.3 Å². The second kappa shape index (κ2) is 6.49. The monoisotopic (exact) mass is 350 g/mol. The lowest BCUT2D eigenvalue weighted by molar-refractivity contribution is -0.127. The first-order valence-electron chi connectivity index (χ1n) is 10.8. The van der Waals surface area contributed by atoms with E-state index in [0.717, 1.165) is 36.5 Å². The summed E-state index contributed by atoms with van der Waals surface area (Å²) in [4.78, 5) is 0. The fourth-order valence-electron chi connectivity index (χ4n) is 8.20.